The molecule has 4 atom stereocenters. The van der Waals surface area contributed by atoms with Gasteiger partial charge in [0.05, 0.1) is 6.26 Å². The number of anilines is 1. The standard InChI is InChI=1S/C34H42N2O7/c1-17(2)27-25-14-20(24(15-37)30(40)34(25,43)31(41)28(29(27)39)32(35)42)13-23-18(3)26(38)12-11-22(23)19-7-9-21(10-8-19)36-16-33(4,5)6/h7-12,15,17,20,25,27,36-38,41,43H,13-14,16H2,1-6H3,(H2,35,42)/t20?,25-,27?,34-/m0/s1. The van der Waals surface area contributed by atoms with Crippen LogP contribution in [0.25, 0.3) is 11.1 Å². The van der Waals surface area contributed by atoms with Gasteiger partial charge >= 0.3 is 0 Å². The molecule has 9 nitrogen and oxygen atoms in total. The zero-order valence-electron chi connectivity index (χ0n) is 25.6. The summed E-state index contributed by atoms with van der Waals surface area (Å²) in [5.74, 6) is -7.06. The second-order valence-electron chi connectivity index (χ2n) is 13.4. The van der Waals surface area contributed by atoms with Crippen LogP contribution in [0, 0.1) is 36.0 Å². The number of carbonyl (C=O) groups is 3. The van der Waals surface area contributed by atoms with E-state index in [9.17, 15) is 34.8 Å². The number of aromatic hydroxyl groups is 1. The number of ketones is 2. The van der Waals surface area contributed by atoms with E-state index in [-0.39, 0.29) is 29.6 Å². The summed E-state index contributed by atoms with van der Waals surface area (Å²) in [6, 6.07) is 11.3. The van der Waals surface area contributed by atoms with Gasteiger partial charge in [0.15, 0.2) is 11.4 Å². The average Bonchev–Trinajstić information content (AvgIpc) is 2.92. The molecule has 0 radical (unpaired) electrons. The van der Waals surface area contributed by atoms with Gasteiger partial charge in [0.1, 0.15) is 17.1 Å². The molecule has 2 unspecified atom stereocenters. The van der Waals surface area contributed by atoms with Gasteiger partial charge in [-0.05, 0) is 77.5 Å². The first kappa shape index (κ1) is 31.8. The van der Waals surface area contributed by atoms with E-state index in [0.717, 1.165) is 28.9 Å². The lowest BCUT2D eigenvalue weighted by Crippen LogP contribution is -2.61. The van der Waals surface area contributed by atoms with Crippen LogP contribution in [0.2, 0.25) is 0 Å². The van der Waals surface area contributed by atoms with Crippen LogP contribution in [0.4, 0.5) is 5.69 Å². The van der Waals surface area contributed by atoms with Crippen molar-refractivity contribution in [3.8, 4) is 16.9 Å². The lowest BCUT2D eigenvalue weighted by molar-refractivity contribution is -0.155. The normalized spacial score (nSPS) is 25.3. The smallest absolute Gasteiger partial charge is 0.255 e. The minimum absolute atomic E-state index is 0.0452. The van der Waals surface area contributed by atoms with Crippen molar-refractivity contribution in [1.29, 1.82) is 0 Å². The molecule has 1 amide bonds. The highest BCUT2D eigenvalue weighted by Gasteiger charge is 2.63. The van der Waals surface area contributed by atoms with Gasteiger partial charge in [-0.1, -0.05) is 52.8 Å². The van der Waals surface area contributed by atoms with E-state index in [0.29, 0.717) is 11.8 Å². The van der Waals surface area contributed by atoms with E-state index in [1.165, 1.54) is 0 Å². The van der Waals surface area contributed by atoms with Crippen LogP contribution in [-0.2, 0) is 20.8 Å². The quantitative estimate of drug-likeness (QED) is 0.150. The summed E-state index contributed by atoms with van der Waals surface area (Å²) < 4.78 is 0. The number of aliphatic hydroxyl groups is 3. The maximum Gasteiger partial charge on any atom is 0.255 e. The van der Waals surface area contributed by atoms with E-state index in [2.05, 4.69) is 26.1 Å². The van der Waals surface area contributed by atoms with Crippen molar-refractivity contribution < 1.29 is 34.8 Å². The van der Waals surface area contributed by atoms with Gasteiger partial charge in [-0.15, -0.1) is 0 Å². The van der Waals surface area contributed by atoms with Crippen LogP contribution in [0.3, 0.4) is 0 Å². The molecule has 4 rings (SSSR count). The molecule has 7 N–H and O–H groups in total. The average molecular weight is 591 g/mol. The lowest BCUT2D eigenvalue weighted by Gasteiger charge is -2.49. The van der Waals surface area contributed by atoms with Crippen LogP contribution < -0.4 is 11.1 Å². The van der Waals surface area contributed by atoms with Crippen LogP contribution in [0.1, 0.15) is 52.2 Å². The first-order valence-corrected chi connectivity index (χ1v) is 14.6. The number of carbonyl (C=O) groups excluding carboxylic acids is 3. The Morgan fingerprint density at radius 1 is 1.12 bits per heavy atom. The zero-order valence-corrected chi connectivity index (χ0v) is 25.6. The molecule has 2 aliphatic rings. The van der Waals surface area contributed by atoms with E-state index in [1.807, 2.05) is 24.3 Å². The van der Waals surface area contributed by atoms with E-state index in [4.69, 9.17) is 5.73 Å². The number of fused-ring (bicyclic) bond motifs is 1. The highest BCUT2D eigenvalue weighted by atomic mass is 16.3. The second-order valence-corrected chi connectivity index (χ2v) is 13.4. The summed E-state index contributed by atoms with van der Waals surface area (Å²) in [6.45, 7) is 12.5. The fourth-order valence-electron chi connectivity index (χ4n) is 6.55. The summed E-state index contributed by atoms with van der Waals surface area (Å²) in [5, 5.41) is 47.0. The largest absolute Gasteiger partial charge is 0.515 e. The maximum atomic E-state index is 13.9. The van der Waals surface area contributed by atoms with Crippen molar-refractivity contribution in [2.24, 2.45) is 34.8 Å². The van der Waals surface area contributed by atoms with Crippen molar-refractivity contribution >= 4 is 23.2 Å². The summed E-state index contributed by atoms with van der Waals surface area (Å²) in [6.07, 6.45) is 0.854. The van der Waals surface area contributed by atoms with E-state index >= 15 is 0 Å². The first-order chi connectivity index (χ1) is 20.0. The van der Waals surface area contributed by atoms with Crippen LogP contribution >= 0.6 is 0 Å². The van der Waals surface area contributed by atoms with Gasteiger partial charge < -0.3 is 31.5 Å². The Morgan fingerprint density at radius 2 is 1.74 bits per heavy atom. The molecule has 1 fully saturated rings. The molecule has 43 heavy (non-hydrogen) atoms. The van der Waals surface area contributed by atoms with Crippen LogP contribution in [-0.4, -0.2) is 50.0 Å². The number of benzene rings is 2. The predicted molar refractivity (Wildman–Crippen MR) is 164 cm³/mol. The molecular formula is C34H42N2O7. The number of rotatable bonds is 7. The molecule has 1 saturated carbocycles. The molecule has 230 valence electrons. The van der Waals surface area contributed by atoms with Crippen LogP contribution in [0.5, 0.6) is 5.75 Å². The van der Waals surface area contributed by atoms with Crippen molar-refractivity contribution in [2.75, 3.05) is 11.9 Å². The molecule has 0 aliphatic heterocycles. The SMILES string of the molecule is Cc1c(O)ccc(-c2ccc(NCC(C)(C)C)cc2)c1CC1C[C@H]2C(C(C)C)C(=O)C(C(N)=O)=C(O)[C@@]2(O)C(=O)C1=CO. The van der Waals surface area contributed by atoms with Crippen molar-refractivity contribution in [3.63, 3.8) is 0 Å². The molecule has 2 aromatic rings. The Balaban J connectivity index is 1.77. The zero-order chi connectivity index (χ0) is 32.0. The van der Waals surface area contributed by atoms with E-state index < -0.39 is 58.1 Å². The molecule has 2 aliphatic carbocycles. The minimum Gasteiger partial charge on any atom is -0.515 e. The molecule has 0 saturated heterocycles. The minimum atomic E-state index is -2.59. The lowest BCUT2D eigenvalue weighted by atomic mass is 9.55. The third-order valence-corrected chi connectivity index (χ3v) is 8.85. The molecule has 0 bridgehead atoms. The third kappa shape index (κ3) is 5.66. The summed E-state index contributed by atoms with van der Waals surface area (Å²) in [7, 11) is 0. The number of phenolic OH excluding ortho intramolecular Hbond substituents is 1. The van der Waals surface area contributed by atoms with Crippen molar-refractivity contribution in [2.45, 2.75) is 60.0 Å². The first-order valence-electron chi connectivity index (χ1n) is 14.6. The van der Waals surface area contributed by atoms with Gasteiger partial charge in [0.2, 0.25) is 5.78 Å². The summed E-state index contributed by atoms with van der Waals surface area (Å²) >= 11 is 0. The van der Waals surface area contributed by atoms with E-state index in [1.54, 1.807) is 32.9 Å². The molecule has 0 spiro atoms. The number of hydrogen-bond acceptors (Lipinski definition) is 8. The molecule has 0 heterocycles. The van der Waals surface area contributed by atoms with Gasteiger partial charge in [0, 0.05) is 29.6 Å². The third-order valence-electron chi connectivity index (χ3n) is 8.85. The molecule has 0 aromatic heterocycles. The number of hydrogen-bond donors (Lipinski definition) is 6. The second kappa shape index (κ2) is 11.5. The summed E-state index contributed by atoms with van der Waals surface area (Å²) in [4.78, 5) is 39.3. The van der Waals surface area contributed by atoms with Crippen LogP contribution in [0.15, 0.2) is 59.6 Å². The predicted octanol–water partition coefficient (Wildman–Crippen LogP) is 4.90. The Kier molecular flexibility index (Phi) is 8.53. The fraction of sp³-hybridized carbons (Fsp3) is 0.441. The monoisotopic (exact) mass is 590 g/mol. The van der Waals surface area contributed by atoms with Gasteiger partial charge in [-0.2, -0.15) is 0 Å². The molecule has 2 aromatic carbocycles. The Bertz CT molecular complexity index is 1510. The van der Waals surface area contributed by atoms with Crippen molar-refractivity contribution in [1.82, 2.24) is 0 Å². The number of amides is 1. The molecule has 9 heteroatoms. The number of primary amides is 1. The number of Topliss-reactive ketones (excluding diaryl/α,β-unsaturated/α-hetero) is 2. The number of phenols is 1. The Labute approximate surface area is 252 Å². The van der Waals surface area contributed by atoms with Gasteiger partial charge in [-0.25, -0.2) is 0 Å². The highest BCUT2D eigenvalue weighted by Crippen LogP contribution is 2.52. The van der Waals surface area contributed by atoms with Gasteiger partial charge in [-0.3, -0.25) is 14.4 Å². The van der Waals surface area contributed by atoms with Crippen molar-refractivity contribution in [3.05, 3.63) is 70.7 Å². The number of nitrogens with two attached hydrogens (primary N) is 1. The molecular weight excluding hydrogens is 548 g/mol. The Hall–Kier alpha value is -4.11. The van der Waals surface area contributed by atoms with Gasteiger partial charge in [0.25, 0.3) is 5.91 Å². The topological polar surface area (TPSA) is 170 Å². The number of nitrogens with one attached hydrogen (secondary N) is 1. The Morgan fingerprint density at radius 3 is 2.28 bits per heavy atom. The number of aliphatic hydroxyl groups excluding tert-OH is 2. The summed E-state index contributed by atoms with van der Waals surface area (Å²) in [5.41, 5.74) is 5.96. The highest BCUT2D eigenvalue weighted by molar-refractivity contribution is 6.23. The maximum absolute atomic E-state index is 13.9. The fourth-order valence-corrected chi connectivity index (χ4v) is 6.55.